The molecule has 2 aliphatic heterocycles. The third-order valence-corrected chi connectivity index (χ3v) is 11.3. The summed E-state index contributed by atoms with van der Waals surface area (Å²) in [4.78, 5) is 58.9. The van der Waals surface area contributed by atoms with Crippen molar-refractivity contribution in [2.75, 3.05) is 0 Å². The number of amides is 4. The van der Waals surface area contributed by atoms with E-state index < -0.39 is 0 Å². The van der Waals surface area contributed by atoms with Crippen LogP contribution >= 0.6 is 23.2 Å². The molecule has 9 rings (SSSR count). The number of nitrogens with zero attached hydrogens (tertiary/aromatic N) is 2. The molecule has 0 N–H and O–H groups in total. The molecule has 0 aromatic heterocycles. The fraction of sp³-hybridized carbons (Fsp3) is 0.333. The maximum Gasteiger partial charge on any atom is 0.261 e. The van der Waals surface area contributed by atoms with Crippen molar-refractivity contribution in [3.8, 4) is 0 Å². The largest absolute Gasteiger partial charge is 0.271 e. The second kappa shape index (κ2) is 9.38. The predicted octanol–water partition coefficient (Wildman–Crippen LogP) is 8.90. The third-order valence-electron chi connectivity index (χ3n) is 10.7. The first-order chi connectivity index (χ1) is 21.4. The molecular weight excluding hydrogens is 595 g/mol. The van der Waals surface area contributed by atoms with Crippen LogP contribution in [0.15, 0.2) is 36.4 Å². The zero-order valence-electron chi connectivity index (χ0n) is 24.0. The lowest BCUT2D eigenvalue weighted by Gasteiger charge is -2.37. The number of rotatable bonds is 2. The van der Waals surface area contributed by atoms with Gasteiger partial charge in [-0.3, -0.25) is 29.0 Å². The Morgan fingerprint density at radius 2 is 0.818 bits per heavy atom. The van der Waals surface area contributed by atoms with Crippen molar-refractivity contribution in [1.29, 1.82) is 0 Å². The fourth-order valence-corrected chi connectivity index (χ4v) is 9.36. The number of hydrogen-bond acceptors (Lipinski definition) is 4. The highest BCUT2D eigenvalue weighted by molar-refractivity contribution is 6.50. The molecule has 0 atom stereocenters. The maximum absolute atomic E-state index is 14.0. The van der Waals surface area contributed by atoms with Crippen LogP contribution in [0.2, 0.25) is 10.0 Å². The first-order valence-electron chi connectivity index (χ1n) is 15.7. The van der Waals surface area contributed by atoms with E-state index in [-0.39, 0.29) is 35.7 Å². The molecule has 2 fully saturated rings. The Balaban J connectivity index is 1.34. The van der Waals surface area contributed by atoms with Crippen LogP contribution in [0.4, 0.5) is 0 Å². The van der Waals surface area contributed by atoms with Crippen LogP contribution < -0.4 is 0 Å². The van der Waals surface area contributed by atoms with Crippen LogP contribution in [0, 0.1) is 0 Å². The van der Waals surface area contributed by atoms with Gasteiger partial charge in [-0.1, -0.05) is 73.9 Å². The standard InChI is InChI=1S/C36H28Cl2N2O4/c37-25-15-23-27-21(33(41)39(35(23)43)17-7-3-1-4-8-17)13-11-19-30-26(38)16-24-28-22(14-12-20(32(28)30)29(25)31(19)27)34(42)40(36(24)44)18-9-5-2-6-10-18/h11-18H,1-10H2. The average Bonchev–Trinajstić information content (AvgIpc) is 3.04. The minimum absolute atomic E-state index is 0.118. The van der Waals surface area contributed by atoms with E-state index in [0.717, 1.165) is 75.0 Å². The quantitative estimate of drug-likeness (QED) is 0.112. The second-order valence-electron chi connectivity index (χ2n) is 12.9. The lowest BCUT2D eigenvalue weighted by molar-refractivity contribution is 0.0487. The van der Waals surface area contributed by atoms with Crippen molar-refractivity contribution < 1.29 is 19.2 Å². The molecule has 0 spiro atoms. The number of fused-ring (bicyclic) bond motifs is 2. The van der Waals surface area contributed by atoms with Gasteiger partial charge in [-0.25, -0.2) is 0 Å². The summed E-state index contributed by atoms with van der Waals surface area (Å²) in [7, 11) is 0. The molecule has 0 radical (unpaired) electrons. The van der Waals surface area contributed by atoms with Gasteiger partial charge in [-0.2, -0.15) is 0 Å². The Morgan fingerprint density at radius 3 is 1.20 bits per heavy atom. The average molecular weight is 624 g/mol. The van der Waals surface area contributed by atoms with Gasteiger partial charge in [0, 0.05) is 65.6 Å². The van der Waals surface area contributed by atoms with Crippen molar-refractivity contribution in [2.45, 2.75) is 76.3 Å². The van der Waals surface area contributed by atoms with Gasteiger partial charge in [0.05, 0.1) is 11.1 Å². The Labute approximate surface area is 263 Å². The van der Waals surface area contributed by atoms with Gasteiger partial charge in [0.25, 0.3) is 23.6 Å². The van der Waals surface area contributed by atoms with Crippen molar-refractivity contribution >= 4 is 89.9 Å². The summed E-state index contributed by atoms with van der Waals surface area (Å²) in [6, 6.07) is 10.5. The van der Waals surface area contributed by atoms with Crippen LogP contribution in [0.3, 0.4) is 0 Å². The van der Waals surface area contributed by atoms with E-state index in [0.29, 0.717) is 64.6 Å². The van der Waals surface area contributed by atoms with E-state index >= 15 is 0 Å². The molecule has 44 heavy (non-hydrogen) atoms. The summed E-state index contributed by atoms with van der Waals surface area (Å²) in [6.45, 7) is 0. The van der Waals surface area contributed by atoms with Crippen LogP contribution in [0.25, 0.3) is 43.1 Å². The highest BCUT2D eigenvalue weighted by Crippen LogP contribution is 2.51. The van der Waals surface area contributed by atoms with Gasteiger partial charge in [0.2, 0.25) is 0 Å². The molecule has 220 valence electrons. The second-order valence-corrected chi connectivity index (χ2v) is 13.7. The predicted molar refractivity (Wildman–Crippen MR) is 172 cm³/mol. The van der Waals surface area contributed by atoms with E-state index in [1.807, 2.05) is 12.1 Å². The lowest BCUT2D eigenvalue weighted by Crippen LogP contribution is -2.48. The molecule has 0 bridgehead atoms. The zero-order chi connectivity index (χ0) is 30.0. The van der Waals surface area contributed by atoms with E-state index in [2.05, 4.69) is 0 Å². The minimum atomic E-state index is -0.305. The summed E-state index contributed by atoms with van der Waals surface area (Å²) < 4.78 is 0. The Kier molecular flexibility index (Phi) is 5.68. The van der Waals surface area contributed by atoms with Crippen LogP contribution in [0.5, 0.6) is 0 Å². The molecule has 5 aromatic rings. The number of halogens is 2. The molecule has 0 unspecified atom stereocenters. The van der Waals surface area contributed by atoms with E-state index in [1.54, 1.807) is 24.3 Å². The first-order valence-corrected chi connectivity index (χ1v) is 16.5. The van der Waals surface area contributed by atoms with Crippen molar-refractivity contribution in [3.63, 3.8) is 0 Å². The number of hydrogen-bond donors (Lipinski definition) is 0. The van der Waals surface area contributed by atoms with Gasteiger partial charge in [-0.15, -0.1) is 0 Å². The number of benzene rings is 5. The van der Waals surface area contributed by atoms with E-state index in [1.165, 1.54) is 9.80 Å². The van der Waals surface area contributed by atoms with Crippen molar-refractivity contribution in [1.82, 2.24) is 9.80 Å². The Hall–Kier alpha value is -3.74. The number of imide groups is 2. The molecule has 8 heteroatoms. The minimum Gasteiger partial charge on any atom is -0.271 e. The lowest BCUT2D eigenvalue weighted by atomic mass is 9.81. The number of carbonyl (C=O) groups excluding carboxylic acids is 4. The molecular formula is C36H28Cl2N2O4. The van der Waals surface area contributed by atoms with Gasteiger partial charge in [-0.05, 0) is 60.7 Å². The van der Waals surface area contributed by atoms with Crippen LogP contribution in [0.1, 0.15) is 106 Å². The highest BCUT2D eigenvalue weighted by Gasteiger charge is 2.41. The van der Waals surface area contributed by atoms with E-state index in [4.69, 9.17) is 23.2 Å². The molecule has 5 aromatic carbocycles. The number of carbonyl (C=O) groups is 4. The van der Waals surface area contributed by atoms with Crippen molar-refractivity contribution in [2.24, 2.45) is 0 Å². The Bertz CT molecular complexity index is 2010. The van der Waals surface area contributed by atoms with Crippen molar-refractivity contribution in [3.05, 3.63) is 68.7 Å². The zero-order valence-corrected chi connectivity index (χ0v) is 25.5. The van der Waals surface area contributed by atoms with Crippen LogP contribution in [-0.4, -0.2) is 45.5 Å². The Morgan fingerprint density at radius 1 is 0.455 bits per heavy atom. The monoisotopic (exact) mass is 622 g/mol. The summed E-state index contributed by atoms with van der Waals surface area (Å²) in [5, 5.41) is 6.24. The smallest absolute Gasteiger partial charge is 0.261 e. The molecule has 2 heterocycles. The van der Waals surface area contributed by atoms with Gasteiger partial charge >= 0.3 is 0 Å². The topological polar surface area (TPSA) is 74.8 Å². The summed E-state index contributed by atoms with van der Waals surface area (Å²) in [5.41, 5.74) is 1.82. The maximum atomic E-state index is 14.0. The van der Waals surface area contributed by atoms with Gasteiger partial charge in [0.1, 0.15) is 0 Å². The SMILES string of the molecule is O=C1c2ccc3c4c(Cl)cc5c6c(ccc(c7c(Cl)cc(c2c37)C(=O)N1C1CCCCC1)c64)C(=O)N(C1CCCCC1)C5=O. The first kappa shape index (κ1) is 26.6. The highest BCUT2D eigenvalue weighted by atomic mass is 35.5. The third kappa shape index (κ3) is 3.33. The van der Waals surface area contributed by atoms with Crippen LogP contribution in [-0.2, 0) is 0 Å². The molecule has 2 aliphatic carbocycles. The molecule has 6 nitrogen and oxygen atoms in total. The summed E-state index contributed by atoms with van der Waals surface area (Å²) in [6.07, 6.45) is 9.45. The summed E-state index contributed by atoms with van der Waals surface area (Å²) in [5.74, 6) is -1.15. The van der Waals surface area contributed by atoms with Gasteiger partial charge in [0.15, 0.2) is 0 Å². The van der Waals surface area contributed by atoms with Gasteiger partial charge < -0.3 is 0 Å². The molecule has 0 saturated heterocycles. The molecule has 4 amide bonds. The van der Waals surface area contributed by atoms with E-state index in [9.17, 15) is 19.2 Å². The summed E-state index contributed by atoms with van der Waals surface area (Å²) >= 11 is 14.1. The normalized spacial score (nSPS) is 20.0. The fourth-order valence-electron chi connectivity index (χ4n) is 8.75. The molecule has 2 saturated carbocycles. The molecule has 4 aliphatic rings.